The van der Waals surface area contributed by atoms with Crippen molar-refractivity contribution in [2.75, 3.05) is 13.7 Å². The number of esters is 1. The monoisotopic (exact) mass is 343 g/mol. The number of benzene rings is 1. The Bertz CT molecular complexity index is 732. The number of nitrogens with zero attached hydrogens (tertiary/aromatic N) is 2. The molecule has 1 atom stereocenters. The van der Waals surface area contributed by atoms with E-state index in [1.165, 1.54) is 12.0 Å². The molecule has 2 rings (SSSR count). The van der Waals surface area contributed by atoms with Crippen molar-refractivity contribution in [1.29, 1.82) is 5.26 Å². The predicted octanol–water partition coefficient (Wildman–Crippen LogP) is 2.51. The van der Waals surface area contributed by atoms with Crippen LogP contribution in [0.1, 0.15) is 32.4 Å². The summed E-state index contributed by atoms with van der Waals surface area (Å²) in [5.74, 6) is 0.0505. The summed E-state index contributed by atoms with van der Waals surface area (Å²) >= 11 is 0. The molecule has 0 saturated carbocycles. The molecule has 7 nitrogen and oxygen atoms in total. The Morgan fingerprint density at radius 3 is 2.52 bits per heavy atom. The second-order valence-corrected chi connectivity index (χ2v) is 5.85. The van der Waals surface area contributed by atoms with Crippen LogP contribution in [0, 0.1) is 11.3 Å². The number of ether oxygens (including phenoxy) is 2. The number of rotatable bonds is 5. The third kappa shape index (κ3) is 3.74. The zero-order valence-electron chi connectivity index (χ0n) is 14.7. The average Bonchev–Trinajstić information content (AvgIpc) is 2.59. The Kier molecular flexibility index (Phi) is 5.65. The lowest BCUT2D eigenvalue weighted by atomic mass is 9.94. The SMILES string of the molecule is COC(=O)C1=C(C)N(C(C)C)C(=O)N[C@H]1c1ccc(OCC#N)cc1. The summed E-state index contributed by atoms with van der Waals surface area (Å²) in [6.07, 6.45) is 0. The van der Waals surface area contributed by atoms with E-state index < -0.39 is 12.0 Å². The number of amides is 2. The number of nitriles is 1. The van der Waals surface area contributed by atoms with Gasteiger partial charge in [0.25, 0.3) is 0 Å². The van der Waals surface area contributed by atoms with Gasteiger partial charge in [0, 0.05) is 11.7 Å². The first-order chi connectivity index (χ1) is 11.9. The van der Waals surface area contributed by atoms with Gasteiger partial charge in [-0.15, -0.1) is 0 Å². The molecule has 25 heavy (non-hydrogen) atoms. The Hall–Kier alpha value is -3.01. The Morgan fingerprint density at radius 1 is 1.36 bits per heavy atom. The van der Waals surface area contributed by atoms with E-state index in [9.17, 15) is 9.59 Å². The topological polar surface area (TPSA) is 91.7 Å². The van der Waals surface area contributed by atoms with Gasteiger partial charge in [-0.25, -0.2) is 9.59 Å². The lowest BCUT2D eigenvalue weighted by Crippen LogP contribution is -2.50. The van der Waals surface area contributed by atoms with Crippen LogP contribution < -0.4 is 10.1 Å². The van der Waals surface area contributed by atoms with Gasteiger partial charge in [-0.05, 0) is 38.5 Å². The van der Waals surface area contributed by atoms with E-state index in [0.29, 0.717) is 17.0 Å². The molecule has 0 aliphatic carbocycles. The molecule has 1 N–H and O–H groups in total. The van der Waals surface area contributed by atoms with E-state index in [1.54, 1.807) is 31.2 Å². The smallest absolute Gasteiger partial charge is 0.337 e. The van der Waals surface area contributed by atoms with Gasteiger partial charge in [-0.2, -0.15) is 5.26 Å². The molecule has 0 saturated heterocycles. The van der Waals surface area contributed by atoms with Crippen LogP contribution in [0.25, 0.3) is 0 Å². The maximum absolute atomic E-state index is 12.5. The van der Waals surface area contributed by atoms with Gasteiger partial charge in [-0.1, -0.05) is 12.1 Å². The van der Waals surface area contributed by atoms with Crippen LogP contribution in [0.4, 0.5) is 4.79 Å². The summed E-state index contributed by atoms with van der Waals surface area (Å²) in [5.41, 5.74) is 1.68. The zero-order chi connectivity index (χ0) is 18.6. The zero-order valence-corrected chi connectivity index (χ0v) is 14.7. The van der Waals surface area contributed by atoms with Crippen LogP contribution in [0.5, 0.6) is 5.75 Å². The van der Waals surface area contributed by atoms with Crippen LogP contribution in [-0.4, -0.2) is 36.7 Å². The fourth-order valence-electron chi connectivity index (χ4n) is 2.88. The Balaban J connectivity index is 2.43. The van der Waals surface area contributed by atoms with Crippen molar-refractivity contribution >= 4 is 12.0 Å². The maximum Gasteiger partial charge on any atom is 0.337 e. The van der Waals surface area contributed by atoms with Crippen molar-refractivity contribution in [2.24, 2.45) is 0 Å². The summed E-state index contributed by atoms with van der Waals surface area (Å²) in [5, 5.41) is 11.4. The standard InChI is InChI=1S/C18H21N3O4/c1-11(2)21-12(3)15(17(22)24-4)16(20-18(21)23)13-5-7-14(8-6-13)25-10-9-19/h5-8,11,16H,10H2,1-4H3,(H,20,23)/t16-/m0/s1. The first-order valence-electron chi connectivity index (χ1n) is 7.89. The van der Waals surface area contributed by atoms with E-state index in [4.69, 9.17) is 14.7 Å². The van der Waals surface area contributed by atoms with E-state index in [0.717, 1.165) is 5.56 Å². The molecule has 0 aromatic heterocycles. The molecular formula is C18H21N3O4. The van der Waals surface area contributed by atoms with Gasteiger partial charge >= 0.3 is 12.0 Å². The average molecular weight is 343 g/mol. The molecular weight excluding hydrogens is 322 g/mol. The molecule has 132 valence electrons. The highest BCUT2D eigenvalue weighted by atomic mass is 16.5. The minimum Gasteiger partial charge on any atom is -0.479 e. The number of carbonyl (C=O) groups excluding carboxylic acids is 2. The molecule has 1 aromatic rings. The fourth-order valence-corrected chi connectivity index (χ4v) is 2.88. The molecule has 1 heterocycles. The normalized spacial score (nSPS) is 17.2. The van der Waals surface area contributed by atoms with E-state index in [1.807, 2.05) is 19.9 Å². The van der Waals surface area contributed by atoms with Crippen molar-refractivity contribution in [3.05, 3.63) is 41.1 Å². The quantitative estimate of drug-likeness (QED) is 0.830. The summed E-state index contributed by atoms with van der Waals surface area (Å²) in [6, 6.07) is 7.81. The van der Waals surface area contributed by atoms with Crippen molar-refractivity contribution in [3.8, 4) is 11.8 Å². The number of carbonyl (C=O) groups is 2. The van der Waals surface area contributed by atoms with E-state index in [-0.39, 0.29) is 18.7 Å². The third-order valence-electron chi connectivity index (χ3n) is 3.96. The fraction of sp³-hybridized carbons (Fsp3) is 0.389. The Labute approximate surface area is 146 Å². The summed E-state index contributed by atoms with van der Waals surface area (Å²) in [6.45, 7) is 5.44. The Morgan fingerprint density at radius 2 is 2.00 bits per heavy atom. The molecule has 1 aliphatic rings. The van der Waals surface area contributed by atoms with Gasteiger partial charge in [0.2, 0.25) is 0 Å². The minimum atomic E-state index is -0.611. The second-order valence-electron chi connectivity index (χ2n) is 5.85. The number of allylic oxidation sites excluding steroid dienone is 1. The summed E-state index contributed by atoms with van der Waals surface area (Å²) in [4.78, 5) is 26.3. The number of urea groups is 1. The van der Waals surface area contributed by atoms with Crippen LogP contribution >= 0.6 is 0 Å². The lowest BCUT2D eigenvalue weighted by Gasteiger charge is -2.37. The third-order valence-corrected chi connectivity index (χ3v) is 3.96. The van der Waals surface area contributed by atoms with Crippen molar-refractivity contribution in [1.82, 2.24) is 10.2 Å². The predicted molar refractivity (Wildman–Crippen MR) is 90.5 cm³/mol. The van der Waals surface area contributed by atoms with Crippen LogP contribution in [0.15, 0.2) is 35.5 Å². The van der Waals surface area contributed by atoms with Crippen molar-refractivity contribution in [2.45, 2.75) is 32.9 Å². The number of methoxy groups -OCH3 is 1. The molecule has 1 aliphatic heterocycles. The van der Waals surface area contributed by atoms with Gasteiger partial charge in [0.15, 0.2) is 6.61 Å². The van der Waals surface area contributed by atoms with Crippen LogP contribution in [0.3, 0.4) is 0 Å². The minimum absolute atomic E-state index is 0.0463. The molecule has 0 fully saturated rings. The molecule has 0 radical (unpaired) electrons. The highest BCUT2D eigenvalue weighted by Crippen LogP contribution is 2.32. The van der Waals surface area contributed by atoms with Gasteiger partial charge in [0.05, 0.1) is 18.7 Å². The second kappa shape index (κ2) is 7.71. The van der Waals surface area contributed by atoms with Gasteiger partial charge in [-0.3, -0.25) is 4.90 Å². The maximum atomic E-state index is 12.5. The first-order valence-corrected chi connectivity index (χ1v) is 7.89. The van der Waals surface area contributed by atoms with E-state index in [2.05, 4.69) is 5.32 Å². The van der Waals surface area contributed by atoms with Crippen LogP contribution in [0.2, 0.25) is 0 Å². The molecule has 0 unspecified atom stereocenters. The van der Waals surface area contributed by atoms with Crippen LogP contribution in [-0.2, 0) is 9.53 Å². The van der Waals surface area contributed by atoms with Crippen molar-refractivity contribution in [3.63, 3.8) is 0 Å². The van der Waals surface area contributed by atoms with Gasteiger partial charge < -0.3 is 14.8 Å². The molecule has 0 bridgehead atoms. The highest BCUT2D eigenvalue weighted by molar-refractivity contribution is 5.95. The van der Waals surface area contributed by atoms with Gasteiger partial charge in [0.1, 0.15) is 11.8 Å². The van der Waals surface area contributed by atoms with E-state index >= 15 is 0 Å². The largest absolute Gasteiger partial charge is 0.479 e. The lowest BCUT2D eigenvalue weighted by molar-refractivity contribution is -0.136. The summed E-state index contributed by atoms with van der Waals surface area (Å²) < 4.78 is 10.1. The molecule has 2 amide bonds. The van der Waals surface area contributed by atoms with Crippen molar-refractivity contribution < 1.29 is 19.1 Å². The molecule has 1 aromatic carbocycles. The summed E-state index contributed by atoms with van der Waals surface area (Å²) in [7, 11) is 1.31. The molecule has 0 spiro atoms. The number of hydrogen-bond donors (Lipinski definition) is 1. The highest BCUT2D eigenvalue weighted by Gasteiger charge is 2.37. The molecule has 7 heteroatoms. The first kappa shape index (κ1) is 18.3. The number of nitrogens with one attached hydrogen (secondary N) is 1. The number of hydrogen-bond acceptors (Lipinski definition) is 5.